The molecule has 0 spiro atoms. The van der Waals surface area contributed by atoms with Crippen LogP contribution >= 0.6 is 0 Å². The van der Waals surface area contributed by atoms with Crippen LogP contribution in [0.2, 0.25) is 0 Å². The third-order valence-corrected chi connectivity index (χ3v) is 7.41. The first-order valence-electron chi connectivity index (χ1n) is 12.6. The maximum atomic E-state index is 12.9. The number of benzene rings is 2. The molecule has 2 aromatic carbocycles. The summed E-state index contributed by atoms with van der Waals surface area (Å²) < 4.78 is 5.61. The maximum Gasteiger partial charge on any atom is 0.407 e. The molecule has 0 bridgehead atoms. The van der Waals surface area contributed by atoms with Gasteiger partial charge in [-0.2, -0.15) is 0 Å². The zero-order valence-electron chi connectivity index (χ0n) is 20.2. The number of unbranched alkanes of at least 4 members (excludes halogenated alkanes) is 1. The quantitative estimate of drug-likeness (QED) is 0.453. The highest BCUT2D eigenvalue weighted by Crippen LogP contribution is 2.44. The van der Waals surface area contributed by atoms with E-state index in [1.54, 1.807) is 0 Å². The molecule has 0 saturated heterocycles. The second kappa shape index (κ2) is 10.9. The fourth-order valence-corrected chi connectivity index (χ4v) is 5.36. The summed E-state index contributed by atoms with van der Waals surface area (Å²) in [6.45, 7) is 2.26. The molecule has 0 aliphatic heterocycles. The van der Waals surface area contributed by atoms with Crippen molar-refractivity contribution >= 4 is 18.0 Å². The molecule has 1 saturated carbocycles. The van der Waals surface area contributed by atoms with Crippen LogP contribution in [0.5, 0.6) is 0 Å². The Hall–Kier alpha value is -3.35. The summed E-state index contributed by atoms with van der Waals surface area (Å²) in [6, 6.07) is 15.5. The Balaban J connectivity index is 1.37. The Morgan fingerprint density at radius 2 is 1.63 bits per heavy atom. The number of amides is 2. The van der Waals surface area contributed by atoms with Gasteiger partial charge in [0.05, 0.1) is 5.41 Å². The normalized spacial score (nSPS) is 16.7. The highest BCUT2D eigenvalue weighted by atomic mass is 16.5. The second-order valence-corrected chi connectivity index (χ2v) is 9.68. The van der Waals surface area contributed by atoms with Crippen LogP contribution in [-0.2, 0) is 14.3 Å². The molecule has 2 aliphatic rings. The smallest absolute Gasteiger partial charge is 0.407 e. The lowest BCUT2D eigenvalue weighted by atomic mass is 9.86. The number of aliphatic carboxylic acids is 1. The summed E-state index contributed by atoms with van der Waals surface area (Å²) in [6.07, 6.45) is 4.26. The van der Waals surface area contributed by atoms with E-state index < -0.39 is 23.5 Å². The highest BCUT2D eigenvalue weighted by Gasteiger charge is 2.42. The minimum atomic E-state index is -0.908. The van der Waals surface area contributed by atoms with Gasteiger partial charge in [0.25, 0.3) is 0 Å². The van der Waals surface area contributed by atoms with Crippen LogP contribution in [0.3, 0.4) is 0 Å². The van der Waals surface area contributed by atoms with Gasteiger partial charge in [-0.3, -0.25) is 9.59 Å². The summed E-state index contributed by atoms with van der Waals surface area (Å²) in [4.78, 5) is 37.4. The molecule has 0 unspecified atom stereocenters. The number of fused-ring (bicyclic) bond motifs is 3. The molecule has 1 atom stereocenters. The number of hydrogen-bond acceptors (Lipinski definition) is 4. The van der Waals surface area contributed by atoms with Crippen LogP contribution in [0.25, 0.3) is 11.1 Å². The molecule has 0 heterocycles. The van der Waals surface area contributed by atoms with E-state index in [-0.39, 0.29) is 25.0 Å². The lowest BCUT2D eigenvalue weighted by Crippen LogP contribution is -2.50. The molecule has 7 nitrogen and oxygen atoms in total. The van der Waals surface area contributed by atoms with E-state index in [9.17, 15) is 19.5 Å². The Kier molecular flexibility index (Phi) is 7.73. The van der Waals surface area contributed by atoms with Gasteiger partial charge >= 0.3 is 12.1 Å². The van der Waals surface area contributed by atoms with Crippen LogP contribution in [-0.4, -0.2) is 42.3 Å². The van der Waals surface area contributed by atoms with E-state index >= 15 is 0 Å². The SMILES string of the molecule is CCCC[C@H](NC(=O)OCC1c2ccccc2-c2ccccc21)C(=O)NCC1(C(=O)O)CCCC1. The number of carboxylic acids is 1. The first kappa shape index (κ1) is 24.8. The lowest BCUT2D eigenvalue weighted by molar-refractivity contribution is -0.148. The fraction of sp³-hybridized carbons (Fsp3) is 0.464. The predicted molar refractivity (Wildman–Crippen MR) is 133 cm³/mol. The highest BCUT2D eigenvalue weighted by molar-refractivity contribution is 5.86. The summed E-state index contributed by atoms with van der Waals surface area (Å²) in [7, 11) is 0. The molecule has 2 aromatic rings. The number of alkyl carbamates (subject to hydrolysis) is 1. The third-order valence-electron chi connectivity index (χ3n) is 7.41. The van der Waals surface area contributed by atoms with Gasteiger partial charge in [0.1, 0.15) is 12.6 Å². The predicted octanol–water partition coefficient (Wildman–Crippen LogP) is 4.85. The minimum Gasteiger partial charge on any atom is -0.481 e. The van der Waals surface area contributed by atoms with Gasteiger partial charge in [0.15, 0.2) is 0 Å². The number of ether oxygens (including phenoxy) is 1. The molecule has 4 rings (SSSR count). The zero-order valence-corrected chi connectivity index (χ0v) is 20.2. The van der Waals surface area contributed by atoms with Crippen molar-refractivity contribution in [3.8, 4) is 11.1 Å². The zero-order chi connectivity index (χ0) is 24.8. The second-order valence-electron chi connectivity index (χ2n) is 9.68. The Morgan fingerprint density at radius 3 is 2.20 bits per heavy atom. The summed E-state index contributed by atoms with van der Waals surface area (Å²) in [5.41, 5.74) is 3.64. The Bertz CT molecular complexity index is 1030. The average Bonchev–Trinajstić information content (AvgIpc) is 3.48. The van der Waals surface area contributed by atoms with E-state index in [0.717, 1.165) is 47.9 Å². The molecule has 35 heavy (non-hydrogen) atoms. The lowest BCUT2D eigenvalue weighted by Gasteiger charge is -2.26. The van der Waals surface area contributed by atoms with Crippen LogP contribution in [0.4, 0.5) is 4.79 Å². The number of rotatable bonds is 10. The molecule has 7 heteroatoms. The first-order valence-corrected chi connectivity index (χ1v) is 12.6. The van der Waals surface area contributed by atoms with Crippen molar-refractivity contribution in [2.75, 3.05) is 13.2 Å². The van der Waals surface area contributed by atoms with Crippen LogP contribution < -0.4 is 10.6 Å². The van der Waals surface area contributed by atoms with Crippen molar-refractivity contribution in [1.82, 2.24) is 10.6 Å². The van der Waals surface area contributed by atoms with Gasteiger partial charge in [-0.25, -0.2) is 4.79 Å². The summed E-state index contributed by atoms with van der Waals surface area (Å²) in [5, 5.41) is 15.2. The number of carbonyl (C=O) groups is 3. The van der Waals surface area contributed by atoms with Crippen molar-refractivity contribution < 1.29 is 24.2 Å². The van der Waals surface area contributed by atoms with Gasteiger partial charge in [-0.1, -0.05) is 81.1 Å². The van der Waals surface area contributed by atoms with E-state index in [0.29, 0.717) is 19.3 Å². The van der Waals surface area contributed by atoms with E-state index in [4.69, 9.17) is 4.74 Å². The number of carboxylic acid groups (broad SMARTS) is 1. The number of hydrogen-bond donors (Lipinski definition) is 3. The number of carbonyl (C=O) groups excluding carboxylic acids is 2. The van der Waals surface area contributed by atoms with Gasteiger partial charge < -0.3 is 20.5 Å². The molecule has 0 radical (unpaired) electrons. The van der Waals surface area contributed by atoms with Gasteiger partial charge in [-0.15, -0.1) is 0 Å². The Morgan fingerprint density at radius 1 is 1.03 bits per heavy atom. The van der Waals surface area contributed by atoms with Crippen molar-refractivity contribution in [3.05, 3.63) is 59.7 Å². The largest absolute Gasteiger partial charge is 0.481 e. The molecular formula is C28H34N2O5. The van der Waals surface area contributed by atoms with Gasteiger partial charge in [0, 0.05) is 12.5 Å². The van der Waals surface area contributed by atoms with E-state index in [1.807, 2.05) is 31.2 Å². The van der Waals surface area contributed by atoms with E-state index in [1.165, 1.54) is 0 Å². The van der Waals surface area contributed by atoms with Crippen LogP contribution in [0, 0.1) is 5.41 Å². The topological polar surface area (TPSA) is 105 Å². The molecule has 0 aromatic heterocycles. The van der Waals surface area contributed by atoms with Gasteiger partial charge in [0.2, 0.25) is 5.91 Å². The summed E-state index contributed by atoms with van der Waals surface area (Å²) in [5.74, 6) is -1.29. The first-order chi connectivity index (χ1) is 16.9. The molecule has 2 aliphatic carbocycles. The van der Waals surface area contributed by atoms with Crippen molar-refractivity contribution in [2.24, 2.45) is 5.41 Å². The molecule has 186 valence electrons. The molecule has 1 fully saturated rings. The average molecular weight is 479 g/mol. The molecular weight excluding hydrogens is 444 g/mol. The Labute approximate surface area is 206 Å². The van der Waals surface area contributed by atoms with Crippen LogP contribution in [0.1, 0.15) is 68.9 Å². The molecule has 2 amide bonds. The standard InChI is InChI=1S/C28H34N2O5/c1-2-3-14-24(25(31)29-18-28(26(32)33)15-8-9-16-28)30-27(34)35-17-23-21-12-6-4-10-19(21)20-11-5-7-13-22(20)23/h4-7,10-13,23-24H,2-3,8-9,14-18H2,1H3,(H,29,31)(H,30,34)(H,32,33)/t24-/m0/s1. The third kappa shape index (κ3) is 5.34. The van der Waals surface area contributed by atoms with Gasteiger partial charge in [-0.05, 0) is 41.5 Å². The van der Waals surface area contributed by atoms with Crippen molar-refractivity contribution in [2.45, 2.75) is 63.8 Å². The minimum absolute atomic E-state index is 0.0612. The monoisotopic (exact) mass is 478 g/mol. The molecule has 3 N–H and O–H groups in total. The fourth-order valence-electron chi connectivity index (χ4n) is 5.36. The van der Waals surface area contributed by atoms with Crippen LogP contribution in [0.15, 0.2) is 48.5 Å². The summed E-state index contributed by atoms with van der Waals surface area (Å²) >= 11 is 0. The van der Waals surface area contributed by atoms with E-state index in [2.05, 4.69) is 34.9 Å². The maximum absolute atomic E-state index is 12.9. The van der Waals surface area contributed by atoms with Crippen molar-refractivity contribution in [1.29, 1.82) is 0 Å². The van der Waals surface area contributed by atoms with Crippen molar-refractivity contribution in [3.63, 3.8) is 0 Å². The number of nitrogens with one attached hydrogen (secondary N) is 2.